The number of hydrogen-bond acceptors (Lipinski definition) is 6. The van der Waals surface area contributed by atoms with Crippen LogP contribution in [0.2, 0.25) is 0 Å². The van der Waals surface area contributed by atoms with E-state index in [2.05, 4.69) is 11.1 Å². The maximum absolute atomic E-state index is 9.58. The number of nitriles is 1. The van der Waals surface area contributed by atoms with Gasteiger partial charge in [-0.05, 0) is 73.7 Å². The lowest BCUT2D eigenvalue weighted by molar-refractivity contribution is 0.200. The van der Waals surface area contributed by atoms with E-state index in [-0.39, 0.29) is 12.7 Å². The van der Waals surface area contributed by atoms with E-state index in [4.69, 9.17) is 19.7 Å². The van der Waals surface area contributed by atoms with E-state index in [0.717, 1.165) is 40.8 Å². The molecule has 5 rings (SSSR count). The minimum absolute atomic E-state index is 0.0607. The fraction of sp³-hybridized carbons (Fsp3) is 0.250. The first-order chi connectivity index (χ1) is 17.2. The van der Waals surface area contributed by atoms with Gasteiger partial charge in [0.2, 0.25) is 0 Å². The number of aliphatic hydroxyl groups is 1. The second-order valence-electron chi connectivity index (χ2n) is 8.54. The highest BCUT2D eigenvalue weighted by Crippen LogP contribution is 2.36. The van der Waals surface area contributed by atoms with Gasteiger partial charge >= 0.3 is 0 Å². The Morgan fingerprint density at radius 3 is 2.71 bits per heavy atom. The van der Waals surface area contributed by atoms with Crippen LogP contribution in [0.25, 0.3) is 29.0 Å². The predicted octanol–water partition coefficient (Wildman–Crippen LogP) is 5.28. The average molecular weight is 467 g/mol. The molecule has 0 atom stereocenters. The summed E-state index contributed by atoms with van der Waals surface area (Å²) in [6.07, 6.45) is 10.1. The molecule has 4 aromatic rings. The molecule has 0 spiro atoms. The number of para-hydroxylation sites is 1. The molecule has 0 unspecified atom stereocenters. The lowest BCUT2D eigenvalue weighted by Gasteiger charge is -2.18. The van der Waals surface area contributed by atoms with E-state index in [9.17, 15) is 5.11 Å². The third kappa shape index (κ3) is 4.61. The molecule has 1 aliphatic rings. The standard InChI is InChI=1S/C28H26N4O3/c1-34-25-8-4-5-21(28(25)35-22-6-2-3-7-22)11-14-27-31-23-15-19(18-33)9-12-24(23)32(27)26-13-10-20(16-29)17-30-26/h4-5,8-15,17,22,33H,2-3,6-7,18H2,1H3/b14-11+. The molecule has 0 radical (unpaired) electrons. The minimum atomic E-state index is -0.0607. The molecular formula is C28H26N4O3. The molecule has 1 saturated carbocycles. The van der Waals surface area contributed by atoms with Gasteiger partial charge in [0.25, 0.3) is 0 Å². The van der Waals surface area contributed by atoms with Crippen LogP contribution in [0.3, 0.4) is 0 Å². The summed E-state index contributed by atoms with van der Waals surface area (Å²) in [5.74, 6) is 2.76. The van der Waals surface area contributed by atoms with Gasteiger partial charge in [0.15, 0.2) is 11.5 Å². The lowest BCUT2D eigenvalue weighted by atomic mass is 10.1. The van der Waals surface area contributed by atoms with E-state index in [1.807, 2.05) is 53.1 Å². The Morgan fingerprint density at radius 1 is 1.14 bits per heavy atom. The van der Waals surface area contributed by atoms with Crippen LogP contribution in [0, 0.1) is 11.3 Å². The molecule has 1 N–H and O–H groups in total. The van der Waals surface area contributed by atoms with Crippen molar-refractivity contribution in [2.45, 2.75) is 38.4 Å². The van der Waals surface area contributed by atoms with Crippen LogP contribution >= 0.6 is 0 Å². The van der Waals surface area contributed by atoms with Crippen molar-refractivity contribution in [2.24, 2.45) is 0 Å². The summed E-state index contributed by atoms with van der Waals surface area (Å²) in [6.45, 7) is -0.0607. The molecule has 0 saturated heterocycles. The predicted molar refractivity (Wildman–Crippen MR) is 134 cm³/mol. The molecular weight excluding hydrogens is 440 g/mol. The number of hydrogen-bond donors (Lipinski definition) is 1. The first-order valence-corrected chi connectivity index (χ1v) is 11.7. The molecule has 1 fully saturated rings. The number of imidazole rings is 1. The highest BCUT2D eigenvalue weighted by Gasteiger charge is 2.20. The van der Waals surface area contributed by atoms with Gasteiger partial charge in [0.1, 0.15) is 17.7 Å². The third-order valence-corrected chi connectivity index (χ3v) is 6.26. The van der Waals surface area contributed by atoms with Gasteiger partial charge < -0.3 is 14.6 Å². The van der Waals surface area contributed by atoms with Crippen LogP contribution in [-0.4, -0.2) is 32.9 Å². The zero-order chi connectivity index (χ0) is 24.2. The van der Waals surface area contributed by atoms with Gasteiger partial charge in [0.05, 0.1) is 36.4 Å². The summed E-state index contributed by atoms with van der Waals surface area (Å²) in [4.78, 5) is 9.31. The molecule has 35 heavy (non-hydrogen) atoms. The Bertz CT molecular complexity index is 1410. The fourth-order valence-corrected chi connectivity index (χ4v) is 4.47. The highest BCUT2D eigenvalue weighted by atomic mass is 16.5. The Kier molecular flexibility index (Phi) is 6.47. The van der Waals surface area contributed by atoms with E-state index in [0.29, 0.717) is 23.0 Å². The average Bonchev–Trinajstić information content (AvgIpc) is 3.55. The van der Waals surface area contributed by atoms with Crippen molar-refractivity contribution in [3.8, 4) is 23.4 Å². The maximum Gasteiger partial charge on any atom is 0.168 e. The number of methoxy groups -OCH3 is 1. The third-order valence-electron chi connectivity index (χ3n) is 6.26. The number of nitrogens with zero attached hydrogens (tertiary/aromatic N) is 4. The van der Waals surface area contributed by atoms with Crippen molar-refractivity contribution >= 4 is 23.2 Å². The van der Waals surface area contributed by atoms with E-state index in [1.165, 1.54) is 12.8 Å². The van der Waals surface area contributed by atoms with Gasteiger partial charge in [-0.15, -0.1) is 0 Å². The number of aliphatic hydroxyl groups excluding tert-OH is 1. The summed E-state index contributed by atoms with van der Waals surface area (Å²) in [5.41, 5.74) is 3.77. The largest absolute Gasteiger partial charge is 0.493 e. The van der Waals surface area contributed by atoms with Gasteiger partial charge in [-0.25, -0.2) is 9.97 Å². The SMILES string of the molecule is COc1cccc(/C=C/c2nc3cc(CO)ccc3n2-c2ccc(C#N)cn2)c1OC1CCCC1. The lowest BCUT2D eigenvalue weighted by Crippen LogP contribution is -2.12. The Labute approximate surface area is 203 Å². The summed E-state index contributed by atoms with van der Waals surface area (Å²) in [7, 11) is 1.65. The van der Waals surface area contributed by atoms with Crippen molar-refractivity contribution in [1.29, 1.82) is 5.26 Å². The van der Waals surface area contributed by atoms with Crippen LogP contribution in [0.15, 0.2) is 54.7 Å². The Hall–Kier alpha value is -4.15. The van der Waals surface area contributed by atoms with Gasteiger partial charge in [0, 0.05) is 11.8 Å². The fourth-order valence-electron chi connectivity index (χ4n) is 4.47. The number of ether oxygens (including phenoxy) is 2. The van der Waals surface area contributed by atoms with Crippen LogP contribution < -0.4 is 9.47 Å². The minimum Gasteiger partial charge on any atom is -0.493 e. The van der Waals surface area contributed by atoms with Gasteiger partial charge in [-0.3, -0.25) is 4.57 Å². The number of aromatic nitrogens is 3. The van der Waals surface area contributed by atoms with Crippen molar-refractivity contribution in [3.63, 3.8) is 0 Å². The maximum atomic E-state index is 9.58. The molecule has 7 nitrogen and oxygen atoms in total. The smallest absolute Gasteiger partial charge is 0.168 e. The molecule has 2 aromatic heterocycles. The van der Waals surface area contributed by atoms with E-state index in [1.54, 1.807) is 25.4 Å². The van der Waals surface area contributed by atoms with Crippen molar-refractivity contribution < 1.29 is 14.6 Å². The first-order valence-electron chi connectivity index (χ1n) is 11.7. The number of fused-ring (bicyclic) bond motifs is 1. The molecule has 2 aromatic carbocycles. The molecule has 0 bridgehead atoms. The van der Waals surface area contributed by atoms with E-state index >= 15 is 0 Å². The zero-order valence-corrected chi connectivity index (χ0v) is 19.5. The quantitative estimate of drug-likeness (QED) is 0.398. The number of rotatable bonds is 7. The summed E-state index contributed by atoms with van der Waals surface area (Å²) in [5, 5.41) is 18.7. The summed E-state index contributed by atoms with van der Waals surface area (Å²) < 4.78 is 13.9. The van der Waals surface area contributed by atoms with Crippen molar-refractivity contribution in [1.82, 2.24) is 14.5 Å². The number of pyridine rings is 1. The van der Waals surface area contributed by atoms with Crippen LogP contribution in [0.5, 0.6) is 11.5 Å². The highest BCUT2D eigenvalue weighted by molar-refractivity contribution is 5.83. The van der Waals surface area contributed by atoms with Crippen molar-refractivity contribution in [3.05, 3.63) is 77.2 Å². The van der Waals surface area contributed by atoms with E-state index < -0.39 is 0 Å². The molecule has 176 valence electrons. The molecule has 1 aliphatic carbocycles. The molecule has 0 amide bonds. The zero-order valence-electron chi connectivity index (χ0n) is 19.5. The second-order valence-corrected chi connectivity index (χ2v) is 8.54. The Morgan fingerprint density at radius 2 is 2.00 bits per heavy atom. The van der Waals surface area contributed by atoms with Gasteiger partial charge in [-0.1, -0.05) is 18.2 Å². The van der Waals surface area contributed by atoms with Crippen LogP contribution in [-0.2, 0) is 6.61 Å². The normalized spacial score (nSPS) is 14.0. The van der Waals surface area contributed by atoms with Crippen LogP contribution in [0.4, 0.5) is 0 Å². The first kappa shape index (κ1) is 22.6. The van der Waals surface area contributed by atoms with Crippen LogP contribution in [0.1, 0.15) is 48.2 Å². The topological polar surface area (TPSA) is 93.2 Å². The molecule has 0 aliphatic heterocycles. The van der Waals surface area contributed by atoms with Gasteiger partial charge in [-0.2, -0.15) is 5.26 Å². The molecule has 7 heteroatoms. The summed E-state index contributed by atoms with van der Waals surface area (Å²) >= 11 is 0. The second kappa shape index (κ2) is 10.00. The van der Waals surface area contributed by atoms with Crippen molar-refractivity contribution in [2.75, 3.05) is 7.11 Å². The summed E-state index contributed by atoms with van der Waals surface area (Å²) in [6, 6.07) is 17.2. The molecule has 2 heterocycles. The Balaban J connectivity index is 1.59. The number of benzene rings is 2. The monoisotopic (exact) mass is 466 g/mol.